The molecule has 2 heterocycles. The lowest BCUT2D eigenvalue weighted by molar-refractivity contribution is -0.143. The van der Waals surface area contributed by atoms with E-state index < -0.39 is 24.7 Å². The minimum atomic E-state index is -0.814. The first kappa shape index (κ1) is 36.8. The lowest BCUT2D eigenvalue weighted by atomic mass is 10.1. The monoisotopic (exact) mass is 691 g/mol. The van der Waals surface area contributed by atoms with Crippen LogP contribution in [-0.4, -0.2) is 86.2 Å². The number of hydrazine groups is 1. The molecule has 1 fully saturated rings. The van der Waals surface area contributed by atoms with Gasteiger partial charge in [0.25, 0.3) is 11.8 Å². The number of hydrogen-bond donors (Lipinski definition) is 5. The number of aromatic nitrogens is 2. The minimum Gasteiger partial charge on any atom is -0.494 e. The molecule has 1 aliphatic rings. The van der Waals surface area contributed by atoms with Crippen LogP contribution in [0.5, 0.6) is 5.75 Å². The van der Waals surface area contributed by atoms with Gasteiger partial charge in [-0.05, 0) is 38.1 Å². The summed E-state index contributed by atoms with van der Waals surface area (Å²) in [5, 5.41) is 13.6. The summed E-state index contributed by atoms with van der Waals surface area (Å²) in [4.78, 5) is 60.9. The summed E-state index contributed by atoms with van der Waals surface area (Å²) in [6, 6.07) is 9.91. The number of hydrogen-bond acceptors (Lipinski definition) is 13. The topological polar surface area (TPSA) is 233 Å². The van der Waals surface area contributed by atoms with Crippen molar-refractivity contribution >= 4 is 46.9 Å². The lowest BCUT2D eigenvalue weighted by Crippen LogP contribution is -2.33. The van der Waals surface area contributed by atoms with Gasteiger partial charge in [-0.25, -0.2) is 20.7 Å². The maximum Gasteiger partial charge on any atom is 0.416 e. The highest BCUT2D eigenvalue weighted by Crippen LogP contribution is 2.33. The number of likely N-dealkylation sites (N-methyl/N-ethyl adjacent to an activating group) is 1. The predicted molar refractivity (Wildman–Crippen MR) is 183 cm³/mol. The first-order chi connectivity index (χ1) is 24.0. The van der Waals surface area contributed by atoms with Crippen LogP contribution in [0.4, 0.5) is 22.0 Å². The van der Waals surface area contributed by atoms with Crippen LogP contribution < -0.4 is 42.7 Å². The summed E-state index contributed by atoms with van der Waals surface area (Å²) >= 11 is 0. The number of methoxy groups -OCH3 is 1. The fourth-order valence-corrected chi connectivity index (χ4v) is 4.67. The van der Waals surface area contributed by atoms with Crippen molar-refractivity contribution in [1.29, 1.82) is 0 Å². The highest BCUT2D eigenvalue weighted by atomic mass is 16.6. The second kappa shape index (κ2) is 16.9. The Morgan fingerprint density at radius 2 is 1.82 bits per heavy atom. The average molecular weight is 692 g/mol. The van der Waals surface area contributed by atoms with Gasteiger partial charge in [0.1, 0.15) is 17.9 Å². The molecule has 0 spiro atoms. The number of ether oxygens (including phenoxy) is 3. The van der Waals surface area contributed by atoms with E-state index in [2.05, 4.69) is 31.0 Å². The number of anilines is 3. The minimum absolute atomic E-state index is 0.0175. The molecule has 1 saturated carbocycles. The van der Waals surface area contributed by atoms with E-state index >= 15 is 0 Å². The Balaban J connectivity index is 1.69. The number of nitrogens with zero attached hydrogens (tertiary/aromatic N) is 6. The molecule has 1 aromatic carbocycles. The van der Waals surface area contributed by atoms with Gasteiger partial charge in [-0.1, -0.05) is 12.1 Å². The highest BCUT2D eigenvalue weighted by Gasteiger charge is 2.29. The van der Waals surface area contributed by atoms with Crippen LogP contribution in [0.25, 0.3) is 0 Å². The quantitative estimate of drug-likeness (QED) is 0.0517. The van der Waals surface area contributed by atoms with Gasteiger partial charge in [0.15, 0.2) is 18.3 Å². The summed E-state index contributed by atoms with van der Waals surface area (Å²) in [5.41, 5.74) is 7.98. The summed E-state index contributed by atoms with van der Waals surface area (Å²) in [5.74, 6) is 4.72. The molecule has 0 radical (unpaired) electrons. The molecular weight excluding hydrogens is 650 g/mol. The molecule has 50 heavy (non-hydrogen) atoms. The number of para-hydroxylation sites is 1. The van der Waals surface area contributed by atoms with Crippen molar-refractivity contribution in [2.24, 2.45) is 27.6 Å². The molecule has 18 heteroatoms. The zero-order valence-corrected chi connectivity index (χ0v) is 28.4. The number of amides is 3. The Morgan fingerprint density at radius 3 is 2.48 bits per heavy atom. The Kier molecular flexibility index (Phi) is 12.4. The molecule has 3 aromatic rings. The van der Waals surface area contributed by atoms with Gasteiger partial charge in [-0.2, -0.15) is 4.99 Å². The van der Waals surface area contributed by atoms with Gasteiger partial charge in [0.05, 0.1) is 36.2 Å². The number of carbonyl (C=O) groups is 4. The number of benzene rings is 1. The molecule has 0 bridgehead atoms. The van der Waals surface area contributed by atoms with Gasteiger partial charge < -0.3 is 35.9 Å². The molecule has 7 N–H and O–H groups in total. The Bertz CT molecular complexity index is 1840. The summed E-state index contributed by atoms with van der Waals surface area (Å²) in [6.07, 6.45) is 3.51. The van der Waals surface area contributed by atoms with Crippen molar-refractivity contribution in [3.05, 3.63) is 71.0 Å². The number of pyridine rings is 2. The largest absolute Gasteiger partial charge is 0.494 e. The van der Waals surface area contributed by atoms with Crippen molar-refractivity contribution in [3.63, 3.8) is 0 Å². The predicted octanol–water partition coefficient (Wildman–Crippen LogP) is 0.751. The van der Waals surface area contributed by atoms with E-state index in [-0.39, 0.29) is 53.4 Å². The summed E-state index contributed by atoms with van der Waals surface area (Å²) in [6.45, 7) is -0.533. The first-order valence-electron chi connectivity index (χ1n) is 15.4. The molecule has 1 aliphatic carbocycles. The van der Waals surface area contributed by atoms with Gasteiger partial charge in [0, 0.05) is 51.1 Å². The fourth-order valence-electron chi connectivity index (χ4n) is 4.67. The van der Waals surface area contributed by atoms with Crippen LogP contribution in [0.15, 0.2) is 58.9 Å². The maximum absolute atomic E-state index is 13.3. The van der Waals surface area contributed by atoms with E-state index in [0.717, 1.165) is 10.0 Å². The third kappa shape index (κ3) is 9.32. The third-order valence-corrected chi connectivity index (χ3v) is 7.29. The Labute approximate surface area is 288 Å². The van der Waals surface area contributed by atoms with E-state index in [1.807, 2.05) is 0 Å². The number of carbonyl (C=O) groups excluding carboxylic acids is 4. The molecular formula is C32H41N11O7. The zero-order valence-electron chi connectivity index (χ0n) is 28.4. The molecule has 18 nitrogen and oxygen atoms in total. The van der Waals surface area contributed by atoms with E-state index in [1.54, 1.807) is 37.4 Å². The number of rotatable bonds is 14. The standard InChI is InChI=1S/C32H41N11O7/c1-35-15-26(44)49-17-20-8-7-13-37-29(20)41(3)32(47)50-18-43-16-22(31(46)36-2)24(14-25(43)39-30(45)19-11-12-19)38-23-10-6-9-21(27(23)48-5)28(33)40-42(4)34/h6-10,13-14,16,19,35,38H,11-12,15,17-18,34H2,1-5H3,(H2,33,40)(H,36,46)/b39-25+. The van der Waals surface area contributed by atoms with Crippen molar-refractivity contribution in [3.8, 4) is 5.75 Å². The van der Waals surface area contributed by atoms with Crippen molar-refractivity contribution in [2.75, 3.05) is 52.1 Å². The molecule has 266 valence electrons. The molecule has 4 rings (SSSR count). The number of hydrazone groups is 1. The first-order valence-corrected chi connectivity index (χ1v) is 15.4. The van der Waals surface area contributed by atoms with E-state index in [9.17, 15) is 19.2 Å². The molecule has 3 amide bonds. The maximum atomic E-state index is 13.3. The van der Waals surface area contributed by atoms with Crippen LogP contribution >= 0.6 is 0 Å². The molecule has 0 aliphatic heterocycles. The second-order valence-corrected chi connectivity index (χ2v) is 11.1. The second-order valence-electron chi connectivity index (χ2n) is 11.1. The lowest BCUT2D eigenvalue weighted by Gasteiger charge is -2.21. The van der Waals surface area contributed by atoms with Gasteiger partial charge in [-0.15, -0.1) is 5.10 Å². The van der Waals surface area contributed by atoms with Crippen molar-refractivity contribution in [1.82, 2.24) is 25.3 Å². The SMILES string of the molecule is CNCC(=O)OCc1cccnc1N(C)C(=O)OCn1cc(C(=O)NC)c(Nc2cccc(/C(N)=N/N(C)N)c2OC)c/c1=N\C(=O)C1CC1. The van der Waals surface area contributed by atoms with E-state index in [4.69, 9.17) is 25.8 Å². The summed E-state index contributed by atoms with van der Waals surface area (Å²) < 4.78 is 17.9. The number of nitrogens with one attached hydrogen (secondary N) is 3. The highest BCUT2D eigenvalue weighted by molar-refractivity contribution is 6.03. The summed E-state index contributed by atoms with van der Waals surface area (Å²) in [7, 11) is 7.49. The Hall–Kier alpha value is -6.01. The van der Waals surface area contributed by atoms with Crippen LogP contribution in [0.3, 0.4) is 0 Å². The smallest absolute Gasteiger partial charge is 0.416 e. The van der Waals surface area contributed by atoms with Crippen molar-refractivity contribution < 1.29 is 33.4 Å². The number of esters is 1. The van der Waals surface area contributed by atoms with E-state index in [1.165, 1.54) is 51.3 Å². The molecule has 0 saturated heterocycles. The molecule has 0 unspecified atom stereocenters. The normalized spacial score (nSPS) is 12.9. The van der Waals surface area contributed by atoms with Crippen LogP contribution in [0.1, 0.15) is 34.3 Å². The number of nitrogens with two attached hydrogens (primary N) is 2. The van der Waals surface area contributed by atoms with Crippen LogP contribution in [-0.2, 0) is 32.4 Å². The fraction of sp³-hybridized carbons (Fsp3) is 0.344. The molecule has 0 atom stereocenters. The van der Waals surface area contributed by atoms with Crippen molar-refractivity contribution in [2.45, 2.75) is 26.2 Å². The number of amidine groups is 1. The van der Waals surface area contributed by atoms with E-state index in [0.29, 0.717) is 35.4 Å². The molecule has 2 aromatic heterocycles. The van der Waals surface area contributed by atoms with Crippen LogP contribution in [0, 0.1) is 5.92 Å². The van der Waals surface area contributed by atoms with Gasteiger partial charge in [0.2, 0.25) is 0 Å². The van der Waals surface area contributed by atoms with Crippen LogP contribution in [0.2, 0.25) is 0 Å². The van der Waals surface area contributed by atoms with Gasteiger partial charge >= 0.3 is 12.1 Å². The van der Waals surface area contributed by atoms with Gasteiger partial charge in [-0.3, -0.25) is 23.9 Å². The average Bonchev–Trinajstić information content (AvgIpc) is 3.95. The zero-order chi connectivity index (χ0) is 36.4. The Morgan fingerprint density at radius 1 is 1.06 bits per heavy atom. The third-order valence-electron chi connectivity index (χ3n) is 7.29.